The predicted molar refractivity (Wildman–Crippen MR) is 86.1 cm³/mol. The molecular formula is C18H21NO2. The van der Waals surface area contributed by atoms with Crippen LogP contribution in [0.2, 0.25) is 0 Å². The zero-order valence-electron chi connectivity index (χ0n) is 12.7. The maximum Gasteiger partial charge on any atom is 0.255 e. The Kier molecular flexibility index (Phi) is 4.99. The van der Waals surface area contributed by atoms with Crippen LogP contribution in [0, 0.1) is 0 Å². The first-order valence-electron chi connectivity index (χ1n) is 7.19. The Hall–Kier alpha value is -2.29. The van der Waals surface area contributed by atoms with Gasteiger partial charge in [0.2, 0.25) is 0 Å². The second-order valence-electron chi connectivity index (χ2n) is 5.12. The molecule has 0 saturated heterocycles. The van der Waals surface area contributed by atoms with Gasteiger partial charge in [0.15, 0.2) is 0 Å². The molecule has 0 saturated carbocycles. The standard InChI is InChI=1S/C18H21NO2/c1-4-13(2)14-8-10-16(11-9-14)19-18(20)15-6-5-7-17(12-15)21-3/h5-13H,4H2,1-3H3,(H,19,20). The van der Waals surface area contributed by atoms with E-state index in [0.29, 0.717) is 17.2 Å². The van der Waals surface area contributed by atoms with Crippen LogP contribution in [0.4, 0.5) is 5.69 Å². The third kappa shape index (κ3) is 3.85. The Morgan fingerprint density at radius 1 is 1.19 bits per heavy atom. The normalized spacial score (nSPS) is 11.8. The Morgan fingerprint density at radius 3 is 2.52 bits per heavy atom. The summed E-state index contributed by atoms with van der Waals surface area (Å²) in [4.78, 5) is 12.2. The fourth-order valence-corrected chi connectivity index (χ4v) is 2.10. The van der Waals surface area contributed by atoms with Gasteiger partial charge in [0.25, 0.3) is 5.91 Å². The molecule has 2 rings (SSSR count). The molecule has 3 heteroatoms. The summed E-state index contributed by atoms with van der Waals surface area (Å²) in [6.07, 6.45) is 1.11. The third-order valence-electron chi connectivity index (χ3n) is 3.68. The van der Waals surface area contributed by atoms with Crippen molar-refractivity contribution in [1.29, 1.82) is 0 Å². The lowest BCUT2D eigenvalue weighted by molar-refractivity contribution is 0.102. The van der Waals surface area contributed by atoms with Crippen LogP contribution < -0.4 is 10.1 Å². The van der Waals surface area contributed by atoms with Crippen LogP contribution in [-0.2, 0) is 0 Å². The van der Waals surface area contributed by atoms with E-state index in [1.807, 2.05) is 18.2 Å². The molecule has 0 spiro atoms. The molecule has 1 atom stereocenters. The first-order chi connectivity index (χ1) is 10.1. The van der Waals surface area contributed by atoms with Gasteiger partial charge in [-0.05, 0) is 48.2 Å². The van der Waals surface area contributed by atoms with Gasteiger partial charge in [-0.1, -0.05) is 32.0 Å². The minimum Gasteiger partial charge on any atom is -0.497 e. The topological polar surface area (TPSA) is 38.3 Å². The molecule has 2 aromatic carbocycles. The lowest BCUT2D eigenvalue weighted by Gasteiger charge is -2.11. The molecule has 0 aliphatic carbocycles. The number of rotatable bonds is 5. The molecular weight excluding hydrogens is 262 g/mol. The van der Waals surface area contributed by atoms with Crippen LogP contribution in [0.15, 0.2) is 48.5 Å². The van der Waals surface area contributed by atoms with Crippen LogP contribution >= 0.6 is 0 Å². The van der Waals surface area contributed by atoms with Crippen LogP contribution in [0.1, 0.15) is 42.1 Å². The number of carbonyl (C=O) groups is 1. The van der Waals surface area contributed by atoms with Gasteiger partial charge in [-0.2, -0.15) is 0 Å². The van der Waals surface area contributed by atoms with E-state index in [9.17, 15) is 4.79 Å². The van der Waals surface area contributed by atoms with Crippen LogP contribution in [0.3, 0.4) is 0 Å². The summed E-state index contributed by atoms with van der Waals surface area (Å²) in [6.45, 7) is 4.37. The van der Waals surface area contributed by atoms with E-state index in [4.69, 9.17) is 4.74 Å². The Labute approximate surface area is 126 Å². The predicted octanol–water partition coefficient (Wildman–Crippen LogP) is 4.46. The second kappa shape index (κ2) is 6.93. The lowest BCUT2D eigenvalue weighted by Crippen LogP contribution is -2.11. The van der Waals surface area contributed by atoms with Crippen molar-refractivity contribution >= 4 is 11.6 Å². The maximum atomic E-state index is 12.2. The summed E-state index contributed by atoms with van der Waals surface area (Å²) < 4.78 is 5.13. The van der Waals surface area contributed by atoms with E-state index >= 15 is 0 Å². The molecule has 1 amide bonds. The fraction of sp³-hybridized carbons (Fsp3) is 0.278. The highest BCUT2D eigenvalue weighted by molar-refractivity contribution is 6.04. The van der Waals surface area contributed by atoms with Gasteiger partial charge in [0.05, 0.1) is 7.11 Å². The van der Waals surface area contributed by atoms with Crippen molar-refractivity contribution in [2.45, 2.75) is 26.2 Å². The highest BCUT2D eigenvalue weighted by atomic mass is 16.5. The first kappa shape index (κ1) is 15.1. The van der Waals surface area contributed by atoms with Gasteiger partial charge >= 0.3 is 0 Å². The average molecular weight is 283 g/mol. The number of ether oxygens (including phenoxy) is 1. The molecule has 0 bridgehead atoms. The molecule has 3 nitrogen and oxygen atoms in total. The summed E-state index contributed by atoms with van der Waals surface area (Å²) in [7, 11) is 1.59. The van der Waals surface area contributed by atoms with Crippen LogP contribution in [0.5, 0.6) is 5.75 Å². The van der Waals surface area contributed by atoms with Gasteiger partial charge in [-0.15, -0.1) is 0 Å². The van der Waals surface area contributed by atoms with E-state index in [1.165, 1.54) is 5.56 Å². The SMILES string of the molecule is CCC(C)c1ccc(NC(=O)c2cccc(OC)c2)cc1. The number of hydrogen-bond donors (Lipinski definition) is 1. The molecule has 0 aliphatic rings. The summed E-state index contributed by atoms with van der Waals surface area (Å²) in [5, 5.41) is 2.90. The van der Waals surface area contributed by atoms with Crippen molar-refractivity contribution in [3.63, 3.8) is 0 Å². The van der Waals surface area contributed by atoms with Gasteiger partial charge in [0.1, 0.15) is 5.75 Å². The number of hydrogen-bond acceptors (Lipinski definition) is 2. The third-order valence-corrected chi connectivity index (χ3v) is 3.68. The van der Waals surface area contributed by atoms with Crippen molar-refractivity contribution in [2.75, 3.05) is 12.4 Å². The van der Waals surface area contributed by atoms with Crippen molar-refractivity contribution in [1.82, 2.24) is 0 Å². The number of amides is 1. The number of anilines is 1. The fourth-order valence-electron chi connectivity index (χ4n) is 2.10. The summed E-state index contributed by atoms with van der Waals surface area (Å²) >= 11 is 0. The van der Waals surface area contributed by atoms with Crippen LogP contribution in [-0.4, -0.2) is 13.0 Å². The molecule has 0 aliphatic heterocycles. The Bertz CT molecular complexity index is 605. The van der Waals surface area contributed by atoms with E-state index < -0.39 is 0 Å². The first-order valence-corrected chi connectivity index (χ1v) is 7.19. The van der Waals surface area contributed by atoms with Gasteiger partial charge in [0, 0.05) is 11.3 Å². The van der Waals surface area contributed by atoms with Crippen molar-refractivity contribution in [2.24, 2.45) is 0 Å². The zero-order valence-corrected chi connectivity index (χ0v) is 12.7. The molecule has 1 unspecified atom stereocenters. The van der Waals surface area contributed by atoms with E-state index in [1.54, 1.807) is 25.3 Å². The van der Waals surface area contributed by atoms with Gasteiger partial charge < -0.3 is 10.1 Å². The van der Waals surface area contributed by atoms with E-state index in [0.717, 1.165) is 12.1 Å². The molecule has 110 valence electrons. The highest BCUT2D eigenvalue weighted by Crippen LogP contribution is 2.21. The molecule has 0 radical (unpaired) electrons. The van der Waals surface area contributed by atoms with Crippen LogP contribution in [0.25, 0.3) is 0 Å². The molecule has 1 N–H and O–H groups in total. The molecule has 0 aromatic heterocycles. The smallest absolute Gasteiger partial charge is 0.255 e. The molecule has 0 heterocycles. The van der Waals surface area contributed by atoms with Crippen molar-refractivity contribution < 1.29 is 9.53 Å². The summed E-state index contributed by atoms with van der Waals surface area (Å²) in [6, 6.07) is 15.1. The lowest BCUT2D eigenvalue weighted by atomic mass is 9.98. The average Bonchev–Trinajstić information content (AvgIpc) is 2.54. The Morgan fingerprint density at radius 2 is 1.90 bits per heavy atom. The summed E-state index contributed by atoms with van der Waals surface area (Å²) in [5.41, 5.74) is 2.67. The van der Waals surface area contributed by atoms with Gasteiger partial charge in [-0.25, -0.2) is 0 Å². The largest absolute Gasteiger partial charge is 0.497 e. The monoisotopic (exact) mass is 283 g/mol. The minimum atomic E-state index is -0.134. The number of carbonyl (C=O) groups excluding carboxylic acids is 1. The van der Waals surface area contributed by atoms with E-state index in [2.05, 4.69) is 31.3 Å². The maximum absolute atomic E-state index is 12.2. The quantitative estimate of drug-likeness (QED) is 0.879. The van der Waals surface area contributed by atoms with Crippen molar-refractivity contribution in [3.8, 4) is 5.75 Å². The number of methoxy groups -OCH3 is 1. The van der Waals surface area contributed by atoms with Crippen molar-refractivity contribution in [3.05, 3.63) is 59.7 Å². The Balaban J connectivity index is 2.08. The summed E-state index contributed by atoms with van der Waals surface area (Å²) in [5.74, 6) is 1.08. The second-order valence-corrected chi connectivity index (χ2v) is 5.12. The molecule has 2 aromatic rings. The molecule has 21 heavy (non-hydrogen) atoms. The zero-order chi connectivity index (χ0) is 15.2. The highest BCUT2D eigenvalue weighted by Gasteiger charge is 2.08. The number of benzene rings is 2. The number of nitrogens with one attached hydrogen (secondary N) is 1. The minimum absolute atomic E-state index is 0.134. The van der Waals surface area contributed by atoms with Gasteiger partial charge in [-0.3, -0.25) is 4.79 Å². The molecule has 0 fully saturated rings. The van der Waals surface area contributed by atoms with E-state index in [-0.39, 0.29) is 5.91 Å².